The van der Waals surface area contributed by atoms with Crippen molar-refractivity contribution in [1.82, 2.24) is 10.6 Å². The van der Waals surface area contributed by atoms with Crippen LogP contribution in [0, 0.1) is 0 Å². The van der Waals surface area contributed by atoms with Crippen LogP contribution in [0.2, 0.25) is 0 Å². The van der Waals surface area contributed by atoms with Crippen molar-refractivity contribution in [2.75, 3.05) is 13.6 Å². The fourth-order valence-corrected chi connectivity index (χ4v) is 1.88. The zero-order valence-corrected chi connectivity index (χ0v) is 13.1. The molecule has 0 radical (unpaired) electrons. The quantitative estimate of drug-likeness (QED) is 0.843. The lowest BCUT2D eigenvalue weighted by atomic mass is 9.93. The van der Waals surface area contributed by atoms with Gasteiger partial charge in [-0.1, -0.05) is 31.2 Å². The molecule has 19 heavy (non-hydrogen) atoms. The van der Waals surface area contributed by atoms with Crippen molar-refractivity contribution in [2.24, 2.45) is 0 Å². The molecule has 1 aromatic carbocycles. The minimum absolute atomic E-state index is 0. The Morgan fingerprint density at radius 2 is 1.79 bits per heavy atom. The van der Waals surface area contributed by atoms with E-state index in [1.807, 2.05) is 20.9 Å². The number of aryl methyl sites for hydroxylation is 1. The molecule has 0 aliphatic heterocycles. The first-order valence-corrected chi connectivity index (χ1v) is 6.54. The van der Waals surface area contributed by atoms with Crippen LogP contribution in [0.5, 0.6) is 0 Å². The third-order valence-corrected chi connectivity index (χ3v) is 3.14. The van der Waals surface area contributed by atoms with E-state index in [4.69, 9.17) is 0 Å². The van der Waals surface area contributed by atoms with Gasteiger partial charge in [-0.3, -0.25) is 4.79 Å². The predicted octanol–water partition coefficient (Wildman–Crippen LogP) is 2.63. The highest BCUT2D eigenvalue weighted by atomic mass is 35.5. The number of rotatable bonds is 6. The zero-order valence-electron chi connectivity index (χ0n) is 12.2. The highest BCUT2D eigenvalue weighted by Gasteiger charge is 2.22. The Labute approximate surface area is 122 Å². The van der Waals surface area contributed by atoms with Gasteiger partial charge in [0.15, 0.2) is 0 Å². The molecule has 2 N–H and O–H groups in total. The SMILES string of the molecule is CCc1ccc(C(C)(C)NC(=O)CCNC)cc1.Cl. The summed E-state index contributed by atoms with van der Waals surface area (Å²) in [5, 5.41) is 6.04. The first-order chi connectivity index (χ1) is 8.49. The number of nitrogens with one attached hydrogen (secondary N) is 2. The van der Waals surface area contributed by atoms with E-state index in [0.717, 1.165) is 12.0 Å². The van der Waals surface area contributed by atoms with Crippen molar-refractivity contribution in [3.05, 3.63) is 35.4 Å². The molecule has 0 unspecified atom stereocenters. The van der Waals surface area contributed by atoms with Gasteiger partial charge in [-0.2, -0.15) is 0 Å². The van der Waals surface area contributed by atoms with Gasteiger partial charge >= 0.3 is 0 Å². The maximum Gasteiger partial charge on any atom is 0.221 e. The zero-order chi connectivity index (χ0) is 13.6. The van der Waals surface area contributed by atoms with E-state index in [2.05, 4.69) is 41.8 Å². The molecule has 0 atom stereocenters. The van der Waals surface area contributed by atoms with Crippen LogP contribution in [0.3, 0.4) is 0 Å². The Hall–Kier alpha value is -1.06. The summed E-state index contributed by atoms with van der Waals surface area (Å²) >= 11 is 0. The van der Waals surface area contributed by atoms with Crippen LogP contribution in [0.1, 0.15) is 38.3 Å². The molecule has 108 valence electrons. The standard InChI is InChI=1S/C15H24N2O.ClH/c1-5-12-6-8-13(9-7-12)15(2,3)17-14(18)10-11-16-4;/h6-9,16H,5,10-11H2,1-4H3,(H,17,18);1H. The molecule has 0 aromatic heterocycles. The lowest BCUT2D eigenvalue weighted by molar-refractivity contribution is -0.122. The minimum Gasteiger partial charge on any atom is -0.347 e. The van der Waals surface area contributed by atoms with Gasteiger partial charge in [-0.15, -0.1) is 12.4 Å². The predicted molar refractivity (Wildman–Crippen MR) is 82.8 cm³/mol. The van der Waals surface area contributed by atoms with Gasteiger partial charge in [-0.05, 0) is 38.4 Å². The Morgan fingerprint density at radius 1 is 1.21 bits per heavy atom. The summed E-state index contributed by atoms with van der Waals surface area (Å²) in [5.74, 6) is 0.0777. The molecule has 0 fully saturated rings. The molecule has 0 bridgehead atoms. The highest BCUT2D eigenvalue weighted by Crippen LogP contribution is 2.20. The normalized spacial score (nSPS) is 10.7. The van der Waals surface area contributed by atoms with Crippen LogP contribution in [-0.2, 0) is 16.8 Å². The molecular weight excluding hydrogens is 260 g/mol. The maximum atomic E-state index is 11.8. The van der Waals surface area contributed by atoms with Crippen molar-refractivity contribution in [1.29, 1.82) is 0 Å². The second-order valence-electron chi connectivity index (χ2n) is 5.08. The summed E-state index contributed by atoms with van der Waals surface area (Å²) < 4.78 is 0. The van der Waals surface area contributed by atoms with Crippen LogP contribution in [0.25, 0.3) is 0 Å². The molecule has 4 heteroatoms. The fraction of sp³-hybridized carbons (Fsp3) is 0.533. The number of amides is 1. The van der Waals surface area contributed by atoms with Crippen LogP contribution < -0.4 is 10.6 Å². The number of halogens is 1. The molecule has 1 amide bonds. The van der Waals surface area contributed by atoms with Gasteiger partial charge in [-0.25, -0.2) is 0 Å². The summed E-state index contributed by atoms with van der Waals surface area (Å²) in [5.41, 5.74) is 2.13. The van der Waals surface area contributed by atoms with Crippen molar-refractivity contribution in [2.45, 2.75) is 39.2 Å². The molecule has 0 spiro atoms. The van der Waals surface area contributed by atoms with E-state index < -0.39 is 0 Å². The van der Waals surface area contributed by atoms with Gasteiger partial charge < -0.3 is 10.6 Å². The lowest BCUT2D eigenvalue weighted by Gasteiger charge is -2.27. The molecule has 0 saturated heterocycles. The smallest absolute Gasteiger partial charge is 0.221 e. The molecule has 3 nitrogen and oxygen atoms in total. The Balaban J connectivity index is 0.00000324. The van der Waals surface area contributed by atoms with E-state index in [0.29, 0.717) is 13.0 Å². The summed E-state index contributed by atoms with van der Waals surface area (Å²) in [6.45, 7) is 6.91. The van der Waals surface area contributed by atoms with Crippen molar-refractivity contribution in [3.8, 4) is 0 Å². The molecule has 1 rings (SSSR count). The van der Waals surface area contributed by atoms with E-state index >= 15 is 0 Å². The Morgan fingerprint density at radius 3 is 2.26 bits per heavy atom. The first-order valence-electron chi connectivity index (χ1n) is 6.54. The third kappa shape index (κ3) is 5.62. The van der Waals surface area contributed by atoms with Crippen LogP contribution in [0.15, 0.2) is 24.3 Å². The number of benzene rings is 1. The number of carbonyl (C=O) groups is 1. The van der Waals surface area contributed by atoms with Crippen LogP contribution >= 0.6 is 12.4 Å². The number of carbonyl (C=O) groups excluding carboxylic acids is 1. The van der Waals surface area contributed by atoms with Crippen LogP contribution in [-0.4, -0.2) is 19.5 Å². The van der Waals surface area contributed by atoms with Gasteiger partial charge in [0.25, 0.3) is 0 Å². The topological polar surface area (TPSA) is 41.1 Å². The monoisotopic (exact) mass is 284 g/mol. The van der Waals surface area contributed by atoms with E-state index in [1.165, 1.54) is 5.56 Å². The maximum absolute atomic E-state index is 11.8. The van der Waals surface area contributed by atoms with Gasteiger partial charge in [0.2, 0.25) is 5.91 Å². The van der Waals surface area contributed by atoms with E-state index in [9.17, 15) is 4.79 Å². The molecule has 0 aliphatic carbocycles. The van der Waals surface area contributed by atoms with Gasteiger partial charge in [0.1, 0.15) is 0 Å². The molecule has 0 saturated carbocycles. The summed E-state index contributed by atoms with van der Waals surface area (Å²) in [4.78, 5) is 11.8. The molecule has 0 heterocycles. The Bertz CT molecular complexity index is 388. The van der Waals surface area contributed by atoms with E-state index in [-0.39, 0.29) is 23.9 Å². The van der Waals surface area contributed by atoms with Gasteiger partial charge in [0, 0.05) is 13.0 Å². The second-order valence-corrected chi connectivity index (χ2v) is 5.08. The van der Waals surface area contributed by atoms with Crippen molar-refractivity contribution >= 4 is 18.3 Å². The van der Waals surface area contributed by atoms with Gasteiger partial charge in [0.05, 0.1) is 5.54 Å². The number of hydrogen-bond acceptors (Lipinski definition) is 2. The number of hydrogen-bond donors (Lipinski definition) is 2. The van der Waals surface area contributed by atoms with Crippen molar-refractivity contribution in [3.63, 3.8) is 0 Å². The molecule has 1 aromatic rings. The lowest BCUT2D eigenvalue weighted by Crippen LogP contribution is -2.41. The second kappa shape index (κ2) is 8.18. The average molecular weight is 285 g/mol. The minimum atomic E-state index is -0.322. The fourth-order valence-electron chi connectivity index (χ4n) is 1.88. The molecule has 0 aliphatic rings. The summed E-state index contributed by atoms with van der Waals surface area (Å²) in [7, 11) is 1.85. The van der Waals surface area contributed by atoms with Crippen LogP contribution in [0.4, 0.5) is 0 Å². The third-order valence-electron chi connectivity index (χ3n) is 3.14. The summed E-state index contributed by atoms with van der Waals surface area (Å²) in [6.07, 6.45) is 1.54. The molecular formula is C15H25ClN2O. The largest absolute Gasteiger partial charge is 0.347 e. The van der Waals surface area contributed by atoms with Crippen molar-refractivity contribution < 1.29 is 4.79 Å². The average Bonchev–Trinajstić information content (AvgIpc) is 2.36. The Kier molecular flexibility index (Phi) is 7.72. The van der Waals surface area contributed by atoms with E-state index in [1.54, 1.807) is 0 Å². The first kappa shape index (κ1) is 17.9. The highest BCUT2D eigenvalue weighted by molar-refractivity contribution is 5.85. The summed E-state index contributed by atoms with van der Waals surface area (Å²) in [6, 6.07) is 8.43.